The minimum atomic E-state index is -0.358. The maximum atomic E-state index is 12.6. The Hall–Kier alpha value is -2.53. The van der Waals surface area contributed by atoms with Gasteiger partial charge in [0, 0.05) is 24.2 Å². The minimum Gasteiger partial charge on any atom is -0.488 e. The Balaban J connectivity index is 2.07. The van der Waals surface area contributed by atoms with E-state index >= 15 is 0 Å². The van der Waals surface area contributed by atoms with Gasteiger partial charge in [0.25, 0.3) is 5.91 Å². The first kappa shape index (κ1) is 18.8. The molecule has 0 saturated carbocycles. The summed E-state index contributed by atoms with van der Waals surface area (Å²) in [6.07, 6.45) is 0.140. The molecule has 2 aromatic rings. The Morgan fingerprint density at radius 3 is 2.48 bits per heavy atom. The van der Waals surface area contributed by atoms with Crippen LogP contribution in [0.2, 0.25) is 5.02 Å². The number of ether oxygens (including phenoxy) is 2. The van der Waals surface area contributed by atoms with Gasteiger partial charge in [0.2, 0.25) is 0 Å². The van der Waals surface area contributed by atoms with E-state index in [2.05, 4.69) is 4.74 Å². The maximum Gasteiger partial charge on any atom is 0.307 e. The monoisotopic (exact) mass is 361 g/mol. The third kappa shape index (κ3) is 5.22. The van der Waals surface area contributed by atoms with Crippen LogP contribution in [0.25, 0.3) is 0 Å². The molecule has 0 bridgehead atoms. The predicted octanol–water partition coefficient (Wildman–Crippen LogP) is 3.55. The van der Waals surface area contributed by atoms with Crippen molar-refractivity contribution in [2.45, 2.75) is 13.0 Å². The van der Waals surface area contributed by atoms with Gasteiger partial charge < -0.3 is 14.4 Å². The van der Waals surface area contributed by atoms with E-state index in [0.717, 1.165) is 5.56 Å². The number of esters is 1. The lowest BCUT2D eigenvalue weighted by atomic mass is 10.1. The van der Waals surface area contributed by atoms with Crippen LogP contribution in [0.1, 0.15) is 22.3 Å². The van der Waals surface area contributed by atoms with Crippen LogP contribution in [0.4, 0.5) is 0 Å². The largest absolute Gasteiger partial charge is 0.488 e. The number of hydrogen-bond acceptors (Lipinski definition) is 4. The van der Waals surface area contributed by atoms with E-state index in [1.54, 1.807) is 37.4 Å². The summed E-state index contributed by atoms with van der Waals surface area (Å²) in [5.74, 6) is -0.112. The number of benzene rings is 2. The van der Waals surface area contributed by atoms with Crippen LogP contribution in [0.15, 0.2) is 48.5 Å². The number of nitrogens with zero attached hydrogens (tertiary/aromatic N) is 1. The highest BCUT2D eigenvalue weighted by Crippen LogP contribution is 2.23. The number of methoxy groups -OCH3 is 1. The molecule has 6 heteroatoms. The lowest BCUT2D eigenvalue weighted by Gasteiger charge is -2.19. The summed E-state index contributed by atoms with van der Waals surface area (Å²) in [6.45, 7) is 0.528. The van der Waals surface area contributed by atoms with Gasteiger partial charge in [0.05, 0.1) is 19.1 Å². The summed E-state index contributed by atoms with van der Waals surface area (Å²) >= 11 is 6.13. The first-order valence-corrected chi connectivity index (χ1v) is 8.18. The van der Waals surface area contributed by atoms with Crippen LogP contribution in [0.5, 0.6) is 5.75 Å². The average Bonchev–Trinajstić information content (AvgIpc) is 2.64. The number of hydrogen-bond donors (Lipinski definition) is 0. The quantitative estimate of drug-likeness (QED) is 0.708. The van der Waals surface area contributed by atoms with E-state index < -0.39 is 0 Å². The molecule has 0 N–H and O–H groups in total. The van der Waals surface area contributed by atoms with Crippen LogP contribution in [0, 0.1) is 0 Å². The third-order valence-electron chi connectivity index (χ3n) is 3.68. The molecule has 0 aliphatic heterocycles. The molecule has 0 saturated heterocycles. The van der Waals surface area contributed by atoms with Gasteiger partial charge >= 0.3 is 5.97 Å². The second-order valence-electron chi connectivity index (χ2n) is 5.43. The molecule has 1 amide bonds. The molecule has 2 aromatic carbocycles. The summed E-state index contributed by atoms with van der Waals surface area (Å²) in [6, 6.07) is 14.4. The Bertz CT molecular complexity index is 748. The molecule has 0 unspecified atom stereocenters. The van der Waals surface area contributed by atoms with E-state index in [1.807, 2.05) is 18.2 Å². The fourth-order valence-corrected chi connectivity index (χ4v) is 2.40. The lowest BCUT2D eigenvalue weighted by molar-refractivity contribution is -0.140. The third-order valence-corrected chi connectivity index (χ3v) is 4.05. The van der Waals surface area contributed by atoms with Crippen molar-refractivity contribution in [3.63, 3.8) is 0 Å². The summed E-state index contributed by atoms with van der Waals surface area (Å²) in [5.41, 5.74) is 1.27. The summed E-state index contributed by atoms with van der Waals surface area (Å²) in [5, 5.41) is 0.613. The average molecular weight is 362 g/mol. The number of carbonyl (C=O) groups is 2. The van der Waals surface area contributed by atoms with Crippen molar-refractivity contribution < 1.29 is 19.1 Å². The van der Waals surface area contributed by atoms with Gasteiger partial charge in [-0.15, -0.1) is 0 Å². The topological polar surface area (TPSA) is 55.8 Å². The summed E-state index contributed by atoms with van der Waals surface area (Å²) in [4.78, 5) is 25.3. The van der Waals surface area contributed by atoms with Gasteiger partial charge in [0.1, 0.15) is 12.4 Å². The van der Waals surface area contributed by atoms with E-state index in [9.17, 15) is 9.59 Å². The fourth-order valence-electron chi connectivity index (χ4n) is 2.21. The highest BCUT2D eigenvalue weighted by atomic mass is 35.5. The van der Waals surface area contributed by atoms with Crippen LogP contribution in [0.3, 0.4) is 0 Å². The molecule has 0 atom stereocenters. The van der Waals surface area contributed by atoms with Gasteiger partial charge in [-0.1, -0.05) is 41.9 Å². The first-order chi connectivity index (χ1) is 12.0. The fraction of sp³-hybridized carbons (Fsp3) is 0.263. The van der Waals surface area contributed by atoms with Crippen molar-refractivity contribution in [1.82, 2.24) is 4.90 Å². The highest BCUT2D eigenvalue weighted by Gasteiger charge is 2.17. The Kier molecular flexibility index (Phi) is 6.83. The lowest BCUT2D eigenvalue weighted by Crippen LogP contribution is -2.29. The Labute approximate surface area is 152 Å². The van der Waals surface area contributed by atoms with E-state index in [4.69, 9.17) is 16.3 Å². The van der Waals surface area contributed by atoms with Crippen LogP contribution >= 0.6 is 11.6 Å². The standard InChI is InChI=1S/C19H20ClNO4/c1-21(12-11-18(22)24-2)19(23)15-8-4-6-10-17(15)25-13-14-7-3-5-9-16(14)20/h3-10H,11-13H2,1-2H3. The van der Waals surface area contributed by atoms with E-state index in [-0.39, 0.29) is 31.4 Å². The molecule has 5 nitrogen and oxygen atoms in total. The number of halogens is 1. The first-order valence-electron chi connectivity index (χ1n) is 7.80. The highest BCUT2D eigenvalue weighted by molar-refractivity contribution is 6.31. The molecule has 0 heterocycles. The van der Waals surface area contributed by atoms with E-state index in [1.165, 1.54) is 12.0 Å². The maximum absolute atomic E-state index is 12.6. The number of rotatable bonds is 7. The van der Waals surface area contributed by atoms with Gasteiger partial charge in [-0.2, -0.15) is 0 Å². The normalized spacial score (nSPS) is 10.2. The number of para-hydroxylation sites is 1. The molecule has 25 heavy (non-hydrogen) atoms. The van der Waals surface area contributed by atoms with Crippen molar-refractivity contribution in [3.8, 4) is 5.75 Å². The van der Waals surface area contributed by atoms with Crippen molar-refractivity contribution in [3.05, 3.63) is 64.7 Å². The van der Waals surface area contributed by atoms with Gasteiger partial charge in [0.15, 0.2) is 0 Å². The molecule has 2 rings (SSSR count). The SMILES string of the molecule is COC(=O)CCN(C)C(=O)c1ccccc1OCc1ccccc1Cl. The van der Waals surface area contributed by atoms with Gasteiger partial charge in [-0.05, 0) is 18.2 Å². The second kappa shape index (κ2) is 9.08. The predicted molar refractivity (Wildman–Crippen MR) is 95.8 cm³/mol. The molecule has 0 aliphatic carbocycles. The Morgan fingerprint density at radius 1 is 1.08 bits per heavy atom. The molecule has 0 radical (unpaired) electrons. The molecular weight excluding hydrogens is 342 g/mol. The molecule has 0 aromatic heterocycles. The zero-order valence-corrected chi connectivity index (χ0v) is 15.0. The number of amides is 1. The van der Waals surface area contributed by atoms with Crippen molar-refractivity contribution in [2.24, 2.45) is 0 Å². The Morgan fingerprint density at radius 2 is 1.76 bits per heavy atom. The molecule has 0 spiro atoms. The van der Waals surface area contributed by atoms with Crippen molar-refractivity contribution in [1.29, 1.82) is 0 Å². The number of carbonyl (C=O) groups excluding carboxylic acids is 2. The minimum absolute atomic E-state index is 0.140. The van der Waals surface area contributed by atoms with Gasteiger partial charge in [-0.3, -0.25) is 9.59 Å². The van der Waals surface area contributed by atoms with Crippen molar-refractivity contribution >= 4 is 23.5 Å². The molecule has 132 valence electrons. The summed E-state index contributed by atoms with van der Waals surface area (Å²) in [7, 11) is 2.96. The zero-order chi connectivity index (χ0) is 18.2. The van der Waals surface area contributed by atoms with Crippen LogP contribution in [-0.4, -0.2) is 37.5 Å². The van der Waals surface area contributed by atoms with Crippen molar-refractivity contribution in [2.75, 3.05) is 20.7 Å². The van der Waals surface area contributed by atoms with Crippen LogP contribution < -0.4 is 4.74 Å². The smallest absolute Gasteiger partial charge is 0.307 e. The molecular formula is C19H20ClNO4. The van der Waals surface area contributed by atoms with Gasteiger partial charge in [-0.25, -0.2) is 0 Å². The molecule has 0 fully saturated rings. The second-order valence-corrected chi connectivity index (χ2v) is 5.84. The van der Waals surface area contributed by atoms with Crippen LogP contribution in [-0.2, 0) is 16.1 Å². The van der Waals surface area contributed by atoms with E-state index in [0.29, 0.717) is 16.3 Å². The zero-order valence-electron chi connectivity index (χ0n) is 14.2. The summed E-state index contributed by atoms with van der Waals surface area (Å²) < 4.78 is 10.4. The molecule has 0 aliphatic rings.